The highest BCUT2D eigenvalue weighted by Gasteiger charge is 2.36. The molecule has 5 aromatic rings. The Bertz CT molecular complexity index is 1810. The second-order valence-corrected chi connectivity index (χ2v) is 9.09. The maximum absolute atomic E-state index is 13.7. The van der Waals surface area contributed by atoms with Crippen LogP contribution in [0.2, 0.25) is 0 Å². The van der Waals surface area contributed by atoms with Gasteiger partial charge in [0.2, 0.25) is 0 Å². The van der Waals surface area contributed by atoms with Crippen LogP contribution in [0.25, 0.3) is 34.2 Å². The molecule has 0 spiro atoms. The number of benzene rings is 2. The summed E-state index contributed by atoms with van der Waals surface area (Å²) in [5, 5.41) is 15.5. The van der Waals surface area contributed by atoms with Crippen LogP contribution in [0, 0.1) is 11.3 Å². The monoisotopic (exact) mass is 511 g/mol. The third-order valence-corrected chi connectivity index (χ3v) is 6.61. The molecule has 6 rings (SSSR count). The van der Waals surface area contributed by atoms with Gasteiger partial charge in [-0.1, -0.05) is 42.5 Å². The summed E-state index contributed by atoms with van der Waals surface area (Å²) >= 11 is 0. The average Bonchev–Trinajstić information content (AvgIpc) is 3.59. The van der Waals surface area contributed by atoms with E-state index in [1.807, 2.05) is 66.7 Å². The molecule has 1 aliphatic heterocycles. The Kier molecular flexibility index (Phi) is 5.94. The first-order chi connectivity index (χ1) is 19.0. The van der Waals surface area contributed by atoms with Crippen LogP contribution in [0.1, 0.15) is 18.1 Å². The first-order valence-corrected chi connectivity index (χ1v) is 12.3. The van der Waals surface area contributed by atoms with E-state index in [-0.39, 0.29) is 17.7 Å². The molecule has 0 bridgehead atoms. The molecule has 0 fully saturated rings. The standard InChI is InChI=1S/C31H21N5O3/c1-20-25(30(37)35(31(38)26(20)16-32)18-21-8-7-13-33-17-21)14-23-19-36(24-10-3-2-4-11-24)34-29(23)28-15-22-9-5-6-12-27(22)39-28/h2-15,17,19H,18H2,1H3/b25-14+. The number of furan rings is 1. The molecule has 0 atom stereocenters. The maximum atomic E-state index is 13.7. The second-order valence-electron chi connectivity index (χ2n) is 9.09. The predicted octanol–water partition coefficient (Wildman–Crippen LogP) is 5.47. The number of pyridine rings is 1. The van der Waals surface area contributed by atoms with Crippen molar-refractivity contribution in [1.82, 2.24) is 19.7 Å². The van der Waals surface area contributed by atoms with Gasteiger partial charge >= 0.3 is 0 Å². The maximum Gasteiger partial charge on any atom is 0.271 e. The fourth-order valence-electron chi connectivity index (χ4n) is 4.60. The molecule has 0 radical (unpaired) electrons. The van der Waals surface area contributed by atoms with E-state index in [0.29, 0.717) is 33.7 Å². The SMILES string of the molecule is CC1=C(C#N)C(=O)N(Cc2cccnc2)C(=O)/C1=C/c1cn(-c2ccccc2)nc1-c1cc2ccccc2o1. The zero-order valence-electron chi connectivity index (χ0n) is 20.9. The van der Waals surface area contributed by atoms with Crippen molar-refractivity contribution in [3.63, 3.8) is 0 Å². The molecule has 0 unspecified atom stereocenters. The van der Waals surface area contributed by atoms with Gasteiger partial charge in [0.1, 0.15) is 22.9 Å². The molecule has 2 aromatic carbocycles. The molecule has 8 nitrogen and oxygen atoms in total. The van der Waals surface area contributed by atoms with Crippen molar-refractivity contribution in [2.45, 2.75) is 13.5 Å². The Hall–Kier alpha value is -5.55. The van der Waals surface area contributed by atoms with Crippen LogP contribution in [0.15, 0.2) is 113 Å². The minimum absolute atomic E-state index is 0.00101. The number of nitriles is 1. The lowest BCUT2D eigenvalue weighted by Gasteiger charge is -2.27. The highest BCUT2D eigenvalue weighted by Crippen LogP contribution is 2.34. The first kappa shape index (κ1) is 23.8. The van der Waals surface area contributed by atoms with Crippen molar-refractivity contribution in [1.29, 1.82) is 5.26 Å². The lowest BCUT2D eigenvalue weighted by Crippen LogP contribution is -2.42. The number of para-hydroxylation sites is 2. The molecule has 188 valence electrons. The number of rotatable bonds is 5. The van der Waals surface area contributed by atoms with Crippen molar-refractivity contribution < 1.29 is 14.0 Å². The number of aromatic nitrogens is 3. The van der Waals surface area contributed by atoms with Crippen molar-refractivity contribution >= 4 is 28.9 Å². The average molecular weight is 512 g/mol. The molecule has 3 aromatic heterocycles. The van der Waals surface area contributed by atoms with Crippen molar-refractivity contribution in [3.8, 4) is 23.2 Å². The fourth-order valence-corrected chi connectivity index (χ4v) is 4.60. The highest BCUT2D eigenvalue weighted by molar-refractivity contribution is 6.19. The van der Waals surface area contributed by atoms with Crippen LogP contribution in [-0.4, -0.2) is 31.5 Å². The zero-order valence-corrected chi connectivity index (χ0v) is 20.9. The molecule has 0 saturated carbocycles. The molecule has 4 heterocycles. The first-order valence-electron chi connectivity index (χ1n) is 12.3. The van der Waals surface area contributed by atoms with Gasteiger partial charge in [-0.25, -0.2) is 4.68 Å². The highest BCUT2D eigenvalue weighted by atomic mass is 16.3. The quantitative estimate of drug-likeness (QED) is 0.229. The van der Waals surface area contributed by atoms with E-state index in [2.05, 4.69) is 4.98 Å². The van der Waals surface area contributed by atoms with Crippen molar-refractivity contribution in [3.05, 3.63) is 119 Å². The summed E-state index contributed by atoms with van der Waals surface area (Å²) in [6.07, 6.45) is 6.68. The molecule has 1 aliphatic rings. The molecule has 8 heteroatoms. The van der Waals surface area contributed by atoms with Gasteiger partial charge in [-0.05, 0) is 54.5 Å². The van der Waals surface area contributed by atoms with E-state index in [1.54, 1.807) is 48.4 Å². The number of hydrogen-bond acceptors (Lipinski definition) is 6. The fraction of sp³-hybridized carbons (Fsp3) is 0.0645. The molecule has 0 N–H and O–H groups in total. The van der Waals surface area contributed by atoms with Gasteiger partial charge < -0.3 is 4.42 Å². The third kappa shape index (κ3) is 4.32. The Morgan fingerprint density at radius 3 is 2.54 bits per heavy atom. The van der Waals surface area contributed by atoms with E-state index in [1.165, 1.54) is 0 Å². The van der Waals surface area contributed by atoms with Crippen LogP contribution in [0.3, 0.4) is 0 Å². The normalized spacial score (nSPS) is 14.9. The largest absolute Gasteiger partial charge is 0.454 e. The Balaban J connectivity index is 1.51. The van der Waals surface area contributed by atoms with Crippen molar-refractivity contribution in [2.24, 2.45) is 0 Å². The number of carbonyl (C=O) groups excluding carboxylic acids is 2. The van der Waals surface area contributed by atoms with E-state index in [0.717, 1.165) is 16.0 Å². The zero-order chi connectivity index (χ0) is 26.9. The number of hydrogen-bond donors (Lipinski definition) is 0. The van der Waals surface area contributed by atoms with Crippen LogP contribution in [0.5, 0.6) is 0 Å². The third-order valence-electron chi connectivity index (χ3n) is 6.61. The minimum atomic E-state index is -0.626. The second kappa shape index (κ2) is 9.72. The number of nitrogens with zero attached hydrogens (tertiary/aromatic N) is 5. The lowest BCUT2D eigenvalue weighted by molar-refractivity contribution is -0.141. The number of carbonyl (C=O) groups is 2. The Morgan fingerprint density at radius 1 is 1.00 bits per heavy atom. The Labute approximate surface area is 223 Å². The number of fused-ring (bicyclic) bond motifs is 1. The molecular formula is C31H21N5O3. The number of amides is 2. The summed E-state index contributed by atoms with van der Waals surface area (Å²) in [7, 11) is 0. The molecular weight excluding hydrogens is 490 g/mol. The summed E-state index contributed by atoms with van der Waals surface area (Å²) in [5.41, 5.74) is 3.82. The number of imide groups is 1. The van der Waals surface area contributed by atoms with E-state index < -0.39 is 11.8 Å². The lowest BCUT2D eigenvalue weighted by atomic mass is 9.93. The Morgan fingerprint density at radius 2 is 1.79 bits per heavy atom. The van der Waals surface area contributed by atoms with E-state index >= 15 is 0 Å². The summed E-state index contributed by atoms with van der Waals surface area (Å²) in [6, 6.07) is 24.6. The van der Waals surface area contributed by atoms with Crippen molar-refractivity contribution in [2.75, 3.05) is 0 Å². The molecule has 39 heavy (non-hydrogen) atoms. The van der Waals surface area contributed by atoms with Gasteiger partial charge in [-0.2, -0.15) is 10.4 Å². The van der Waals surface area contributed by atoms with Crippen LogP contribution in [0.4, 0.5) is 0 Å². The van der Waals surface area contributed by atoms with Crippen LogP contribution >= 0.6 is 0 Å². The van der Waals surface area contributed by atoms with Gasteiger partial charge in [0.05, 0.1) is 12.2 Å². The van der Waals surface area contributed by atoms with Gasteiger partial charge in [0.25, 0.3) is 11.8 Å². The van der Waals surface area contributed by atoms with E-state index in [9.17, 15) is 14.9 Å². The van der Waals surface area contributed by atoms with Gasteiger partial charge in [0.15, 0.2) is 5.76 Å². The summed E-state index contributed by atoms with van der Waals surface area (Å²) < 4.78 is 7.83. The summed E-state index contributed by atoms with van der Waals surface area (Å²) in [6.45, 7) is 1.62. The molecule has 2 amide bonds. The topological polar surface area (TPSA) is 105 Å². The summed E-state index contributed by atoms with van der Waals surface area (Å²) in [5.74, 6) is -0.590. The minimum Gasteiger partial charge on any atom is -0.454 e. The molecule has 0 saturated heterocycles. The van der Waals surface area contributed by atoms with E-state index in [4.69, 9.17) is 9.52 Å². The van der Waals surface area contributed by atoms with Crippen LogP contribution < -0.4 is 0 Å². The summed E-state index contributed by atoms with van der Waals surface area (Å²) in [4.78, 5) is 32.0. The van der Waals surface area contributed by atoms with Gasteiger partial charge in [-0.3, -0.25) is 19.5 Å². The van der Waals surface area contributed by atoms with Crippen LogP contribution in [-0.2, 0) is 16.1 Å². The molecule has 0 aliphatic carbocycles. The smallest absolute Gasteiger partial charge is 0.271 e. The van der Waals surface area contributed by atoms with Gasteiger partial charge in [-0.15, -0.1) is 0 Å². The predicted molar refractivity (Wildman–Crippen MR) is 145 cm³/mol. The van der Waals surface area contributed by atoms with Gasteiger partial charge in [0, 0.05) is 35.1 Å².